The van der Waals surface area contributed by atoms with E-state index in [1.807, 2.05) is 0 Å². The Morgan fingerprint density at radius 1 is 1.11 bits per heavy atom. The molecule has 35 heavy (non-hydrogen) atoms. The van der Waals surface area contributed by atoms with Crippen LogP contribution in [-0.2, 0) is 21.4 Å². The fourth-order valence-corrected chi connectivity index (χ4v) is 4.72. The zero-order valence-electron chi connectivity index (χ0n) is 18.5. The number of carbonyl (C=O) groups is 1. The molecule has 0 atom stereocenters. The van der Waals surface area contributed by atoms with Crippen LogP contribution in [0.5, 0.6) is 11.5 Å². The van der Waals surface area contributed by atoms with Gasteiger partial charge < -0.3 is 14.8 Å². The Morgan fingerprint density at radius 3 is 2.46 bits per heavy atom. The molecular weight excluding hydrogens is 581 g/mol. The minimum Gasteiger partial charge on any atom is -0.493 e. The van der Waals surface area contributed by atoms with Crippen molar-refractivity contribution in [1.82, 2.24) is 4.83 Å². The molecule has 0 radical (unpaired) electrons. The molecule has 3 rings (SSSR count). The number of amides is 1. The lowest BCUT2D eigenvalue weighted by atomic mass is 10.2. The summed E-state index contributed by atoms with van der Waals surface area (Å²) in [5, 5.41) is 7.42. The van der Waals surface area contributed by atoms with E-state index >= 15 is 0 Å². The maximum atomic E-state index is 12.5. The van der Waals surface area contributed by atoms with Gasteiger partial charge in [0.2, 0.25) is 5.91 Å². The van der Waals surface area contributed by atoms with Crippen LogP contribution in [0.15, 0.2) is 69.1 Å². The number of hydrazone groups is 1. The molecule has 0 aliphatic carbocycles. The second kappa shape index (κ2) is 11.8. The van der Waals surface area contributed by atoms with Gasteiger partial charge in [0.15, 0.2) is 11.5 Å². The maximum Gasteiger partial charge on any atom is 0.276 e. The number of hydrogen-bond donors (Lipinski definition) is 2. The Bertz CT molecular complexity index is 1370. The molecule has 0 aliphatic heterocycles. The number of benzene rings is 3. The topological polar surface area (TPSA) is 106 Å². The molecule has 3 aromatic rings. The van der Waals surface area contributed by atoms with Gasteiger partial charge >= 0.3 is 0 Å². The predicted octanol–water partition coefficient (Wildman–Crippen LogP) is 5.61. The van der Waals surface area contributed by atoms with Crippen LogP contribution in [-0.4, -0.2) is 27.6 Å². The third-order valence-corrected chi connectivity index (χ3v) is 6.92. The summed E-state index contributed by atoms with van der Waals surface area (Å²) in [4.78, 5) is 13.2. The predicted molar refractivity (Wildman–Crippen MR) is 140 cm³/mol. The monoisotopic (exact) mass is 599 g/mol. The van der Waals surface area contributed by atoms with Crippen LogP contribution in [0.2, 0.25) is 10.0 Å². The van der Waals surface area contributed by atoms with Gasteiger partial charge in [0.25, 0.3) is 10.0 Å². The molecular formula is C23H20BrCl2N3O5S. The summed E-state index contributed by atoms with van der Waals surface area (Å²) < 4.78 is 36.8. The lowest BCUT2D eigenvalue weighted by Crippen LogP contribution is -2.18. The molecule has 0 aliphatic rings. The van der Waals surface area contributed by atoms with Crippen molar-refractivity contribution in [2.24, 2.45) is 5.10 Å². The van der Waals surface area contributed by atoms with Gasteiger partial charge in [-0.05, 0) is 70.0 Å². The molecule has 0 fully saturated rings. The van der Waals surface area contributed by atoms with Gasteiger partial charge in [-0.1, -0.05) is 29.3 Å². The molecule has 0 heterocycles. The van der Waals surface area contributed by atoms with Crippen LogP contribution < -0.4 is 19.6 Å². The third kappa shape index (κ3) is 7.35. The molecule has 0 saturated heterocycles. The lowest BCUT2D eigenvalue weighted by Gasteiger charge is -2.14. The van der Waals surface area contributed by atoms with E-state index in [0.29, 0.717) is 37.3 Å². The van der Waals surface area contributed by atoms with Gasteiger partial charge in [0, 0.05) is 28.2 Å². The summed E-state index contributed by atoms with van der Waals surface area (Å²) in [5.74, 6) is 0.591. The van der Waals surface area contributed by atoms with Gasteiger partial charge in [0.05, 0.1) is 22.7 Å². The third-order valence-electron chi connectivity index (χ3n) is 4.51. The van der Waals surface area contributed by atoms with Crippen LogP contribution in [0, 0.1) is 0 Å². The molecule has 0 aromatic heterocycles. The number of nitrogens with one attached hydrogen (secondary N) is 2. The molecule has 12 heteroatoms. The summed E-state index contributed by atoms with van der Waals surface area (Å²) in [6.07, 6.45) is 1.33. The van der Waals surface area contributed by atoms with Gasteiger partial charge in [-0.25, -0.2) is 4.83 Å². The summed E-state index contributed by atoms with van der Waals surface area (Å²) in [6.45, 7) is 1.54. The zero-order valence-corrected chi connectivity index (χ0v) is 22.4. The highest BCUT2D eigenvalue weighted by Crippen LogP contribution is 2.37. The molecule has 0 saturated carbocycles. The normalized spacial score (nSPS) is 11.3. The first kappa shape index (κ1) is 26.8. The first-order chi connectivity index (χ1) is 16.6. The van der Waals surface area contributed by atoms with Crippen molar-refractivity contribution in [2.45, 2.75) is 18.4 Å². The van der Waals surface area contributed by atoms with Crippen molar-refractivity contribution >= 4 is 67.0 Å². The number of ether oxygens (including phenoxy) is 2. The van der Waals surface area contributed by atoms with Crippen LogP contribution in [0.4, 0.5) is 5.69 Å². The number of methoxy groups -OCH3 is 1. The van der Waals surface area contributed by atoms with Crippen LogP contribution in [0.1, 0.15) is 18.1 Å². The van der Waals surface area contributed by atoms with E-state index in [1.54, 1.807) is 30.3 Å². The second-order valence-corrected chi connectivity index (χ2v) is 10.5. The fraction of sp³-hybridized carbons (Fsp3) is 0.130. The number of anilines is 1. The average molecular weight is 601 g/mol. The zero-order chi connectivity index (χ0) is 25.6. The van der Waals surface area contributed by atoms with E-state index in [-0.39, 0.29) is 17.4 Å². The van der Waals surface area contributed by atoms with E-state index in [1.165, 1.54) is 44.5 Å². The molecule has 1 amide bonds. The number of halogens is 3. The Labute approximate surface area is 221 Å². The highest BCUT2D eigenvalue weighted by molar-refractivity contribution is 9.10. The molecule has 8 nitrogen and oxygen atoms in total. The highest BCUT2D eigenvalue weighted by Gasteiger charge is 2.14. The Balaban J connectivity index is 1.71. The van der Waals surface area contributed by atoms with Gasteiger partial charge in [-0.2, -0.15) is 13.5 Å². The number of hydrogen-bond acceptors (Lipinski definition) is 6. The molecule has 0 spiro atoms. The second-order valence-electron chi connectivity index (χ2n) is 7.12. The SMILES string of the molecule is COc1cc(/C=N\NS(=O)(=O)c2ccc(NC(C)=O)cc2)cc(Br)c1OCc1ccc(Cl)cc1Cl. The first-order valence-electron chi connectivity index (χ1n) is 9.96. The van der Waals surface area contributed by atoms with Crippen LogP contribution >= 0.6 is 39.1 Å². The smallest absolute Gasteiger partial charge is 0.276 e. The largest absolute Gasteiger partial charge is 0.493 e. The molecule has 0 unspecified atom stereocenters. The number of carbonyl (C=O) groups excluding carboxylic acids is 1. The van der Waals surface area contributed by atoms with Crippen molar-refractivity contribution in [1.29, 1.82) is 0 Å². The fourth-order valence-electron chi connectivity index (χ4n) is 2.89. The number of nitrogens with zero attached hydrogens (tertiary/aromatic N) is 1. The van der Waals surface area contributed by atoms with Gasteiger partial charge in [0.1, 0.15) is 6.61 Å². The first-order valence-corrected chi connectivity index (χ1v) is 13.0. The Kier molecular flexibility index (Phi) is 9.01. The summed E-state index contributed by atoms with van der Waals surface area (Å²) in [7, 11) is -2.42. The maximum absolute atomic E-state index is 12.5. The number of sulfonamides is 1. The van der Waals surface area contributed by atoms with E-state index in [4.69, 9.17) is 32.7 Å². The Hall–Kier alpha value is -2.79. The average Bonchev–Trinajstić information content (AvgIpc) is 2.79. The van der Waals surface area contributed by atoms with Gasteiger partial charge in [-0.15, -0.1) is 0 Å². The molecule has 2 N–H and O–H groups in total. The molecule has 0 bridgehead atoms. The minimum absolute atomic E-state index is 0.00730. The van der Waals surface area contributed by atoms with Crippen molar-refractivity contribution in [3.63, 3.8) is 0 Å². The van der Waals surface area contributed by atoms with Crippen molar-refractivity contribution in [2.75, 3.05) is 12.4 Å². The van der Waals surface area contributed by atoms with Crippen molar-refractivity contribution in [3.05, 3.63) is 80.2 Å². The van der Waals surface area contributed by atoms with E-state index in [9.17, 15) is 13.2 Å². The quantitative estimate of drug-likeness (QED) is 0.245. The lowest BCUT2D eigenvalue weighted by molar-refractivity contribution is -0.114. The van der Waals surface area contributed by atoms with E-state index in [0.717, 1.165) is 5.56 Å². The standard InChI is InChI=1S/C23H20BrCl2N3O5S/c1-14(30)28-18-5-7-19(8-6-18)35(31,32)29-27-12-15-9-20(24)23(22(10-15)33-2)34-13-16-3-4-17(25)11-21(16)26/h3-12,29H,13H2,1-2H3,(H,28,30)/b27-12-. The minimum atomic E-state index is -3.91. The van der Waals surface area contributed by atoms with Gasteiger partial charge in [-0.3, -0.25) is 4.79 Å². The summed E-state index contributed by atoms with van der Waals surface area (Å²) in [6, 6.07) is 14.2. The summed E-state index contributed by atoms with van der Waals surface area (Å²) in [5.41, 5.74) is 1.78. The number of rotatable bonds is 9. The molecule has 184 valence electrons. The van der Waals surface area contributed by atoms with Crippen LogP contribution in [0.3, 0.4) is 0 Å². The van der Waals surface area contributed by atoms with Crippen LogP contribution in [0.25, 0.3) is 0 Å². The molecule has 3 aromatic carbocycles. The highest BCUT2D eigenvalue weighted by atomic mass is 79.9. The van der Waals surface area contributed by atoms with Crippen molar-refractivity contribution < 1.29 is 22.7 Å². The van der Waals surface area contributed by atoms with Crippen molar-refractivity contribution in [3.8, 4) is 11.5 Å². The van der Waals surface area contributed by atoms with E-state index < -0.39 is 10.0 Å². The van der Waals surface area contributed by atoms with E-state index in [2.05, 4.69) is 31.2 Å². The Morgan fingerprint density at radius 2 is 1.83 bits per heavy atom. The summed E-state index contributed by atoms with van der Waals surface area (Å²) >= 11 is 15.6.